The molecule has 0 saturated carbocycles. The molecule has 0 bridgehead atoms. The van der Waals surface area contributed by atoms with E-state index < -0.39 is 0 Å². The molecule has 1 heterocycles. The molecule has 0 fully saturated rings. The normalized spacial score (nSPS) is 15.0. The van der Waals surface area contributed by atoms with E-state index in [0.29, 0.717) is 36.6 Å². The summed E-state index contributed by atoms with van der Waals surface area (Å²) in [4.78, 5) is 26.4. The van der Waals surface area contributed by atoms with Gasteiger partial charge in [-0.05, 0) is 43.2 Å². The fourth-order valence-electron chi connectivity index (χ4n) is 3.09. The summed E-state index contributed by atoms with van der Waals surface area (Å²) in [5.74, 6) is 1.23. The number of aryl methyl sites for hydroxylation is 1. The Balaban J connectivity index is 1.66. The van der Waals surface area contributed by atoms with Crippen LogP contribution in [-0.2, 0) is 4.79 Å². The quantitative estimate of drug-likeness (QED) is 0.828. The second-order valence-electron chi connectivity index (χ2n) is 7.01. The Morgan fingerprint density at radius 2 is 1.93 bits per heavy atom. The van der Waals surface area contributed by atoms with E-state index in [1.165, 1.54) is 0 Å². The summed E-state index contributed by atoms with van der Waals surface area (Å²) >= 11 is 0. The van der Waals surface area contributed by atoms with Gasteiger partial charge >= 0.3 is 0 Å². The van der Waals surface area contributed by atoms with Gasteiger partial charge in [0, 0.05) is 24.7 Å². The summed E-state index contributed by atoms with van der Waals surface area (Å²) in [6, 6.07) is 12.9. The molecule has 6 heteroatoms. The first-order valence-electron chi connectivity index (χ1n) is 9.52. The zero-order valence-corrected chi connectivity index (χ0v) is 16.5. The van der Waals surface area contributed by atoms with Crippen LogP contribution in [-0.4, -0.2) is 43.0 Å². The predicted octanol–water partition coefficient (Wildman–Crippen LogP) is 3.65. The third kappa shape index (κ3) is 4.63. The number of para-hydroxylation sites is 2. The number of amides is 2. The Morgan fingerprint density at radius 3 is 2.68 bits per heavy atom. The molecule has 0 aromatic heterocycles. The van der Waals surface area contributed by atoms with Crippen molar-refractivity contribution in [2.24, 2.45) is 0 Å². The second kappa shape index (κ2) is 8.78. The summed E-state index contributed by atoms with van der Waals surface area (Å²) in [6.07, 6.45) is 0.995. The van der Waals surface area contributed by atoms with Gasteiger partial charge < -0.3 is 19.7 Å². The Hall–Kier alpha value is -3.02. The highest BCUT2D eigenvalue weighted by Gasteiger charge is 2.24. The predicted molar refractivity (Wildman–Crippen MR) is 108 cm³/mol. The molecule has 3 rings (SSSR count). The molecule has 0 unspecified atom stereocenters. The van der Waals surface area contributed by atoms with Crippen molar-refractivity contribution in [1.29, 1.82) is 0 Å². The van der Waals surface area contributed by atoms with Crippen LogP contribution in [0.25, 0.3) is 0 Å². The van der Waals surface area contributed by atoms with E-state index in [9.17, 15) is 9.59 Å². The fourth-order valence-corrected chi connectivity index (χ4v) is 3.09. The molecule has 28 heavy (non-hydrogen) atoms. The van der Waals surface area contributed by atoms with Gasteiger partial charge in [0.1, 0.15) is 6.61 Å². The second-order valence-corrected chi connectivity index (χ2v) is 7.01. The Morgan fingerprint density at radius 1 is 1.18 bits per heavy atom. The number of anilines is 1. The van der Waals surface area contributed by atoms with Crippen molar-refractivity contribution in [3.8, 4) is 11.5 Å². The first-order valence-corrected chi connectivity index (χ1v) is 9.52. The van der Waals surface area contributed by atoms with Crippen molar-refractivity contribution in [3.63, 3.8) is 0 Å². The van der Waals surface area contributed by atoms with Gasteiger partial charge in [0.05, 0.1) is 6.54 Å². The van der Waals surface area contributed by atoms with E-state index >= 15 is 0 Å². The van der Waals surface area contributed by atoms with Gasteiger partial charge in [0.25, 0.3) is 5.91 Å². The molecule has 6 nitrogen and oxygen atoms in total. The van der Waals surface area contributed by atoms with Gasteiger partial charge in [-0.25, -0.2) is 0 Å². The molecular formula is C22H26N2O4. The topological polar surface area (TPSA) is 67.9 Å². The largest absolute Gasteiger partial charge is 0.486 e. The van der Waals surface area contributed by atoms with Gasteiger partial charge in [-0.2, -0.15) is 0 Å². The number of carbonyl (C=O) groups is 2. The number of hydrogen-bond acceptors (Lipinski definition) is 4. The van der Waals surface area contributed by atoms with Crippen molar-refractivity contribution in [3.05, 3.63) is 53.6 Å². The molecule has 1 aliphatic heterocycles. The van der Waals surface area contributed by atoms with E-state index in [1.54, 1.807) is 24.1 Å². The van der Waals surface area contributed by atoms with Gasteiger partial charge in [0.15, 0.2) is 17.6 Å². The fraction of sp³-hybridized carbons (Fsp3) is 0.364. The zero-order chi connectivity index (χ0) is 20.1. The van der Waals surface area contributed by atoms with Crippen LogP contribution < -0.4 is 14.8 Å². The maximum absolute atomic E-state index is 12.9. The Kier molecular flexibility index (Phi) is 6.19. The number of carbonyl (C=O) groups excluding carboxylic acids is 2. The van der Waals surface area contributed by atoms with Crippen molar-refractivity contribution in [2.75, 3.05) is 25.5 Å². The standard InChI is InChI=1S/C22H26N2O4/c1-4-7-21(25)23-18-12-16(11-10-15(18)2)22(26)24(3)13-17-14-27-19-8-5-6-9-20(19)28-17/h5-6,8-12,17H,4,7,13-14H2,1-3H3,(H,23,25)/t17-/m1/s1. The summed E-state index contributed by atoms with van der Waals surface area (Å²) in [6.45, 7) is 4.65. The molecule has 2 aromatic carbocycles. The molecule has 1 atom stereocenters. The molecule has 1 aliphatic rings. The zero-order valence-electron chi connectivity index (χ0n) is 16.5. The number of fused-ring (bicyclic) bond motifs is 1. The number of rotatable bonds is 6. The molecule has 0 aliphatic carbocycles. The van der Waals surface area contributed by atoms with Crippen molar-refractivity contribution in [2.45, 2.75) is 32.8 Å². The lowest BCUT2D eigenvalue weighted by Crippen LogP contribution is -2.41. The highest BCUT2D eigenvalue weighted by Crippen LogP contribution is 2.31. The lowest BCUT2D eigenvalue weighted by Gasteiger charge is -2.29. The number of benzene rings is 2. The van der Waals surface area contributed by atoms with Crippen LogP contribution in [0.1, 0.15) is 35.7 Å². The lowest BCUT2D eigenvalue weighted by atomic mass is 10.1. The number of likely N-dealkylation sites (N-methyl/N-ethyl adjacent to an activating group) is 1. The highest BCUT2D eigenvalue weighted by atomic mass is 16.6. The molecule has 0 spiro atoms. The molecule has 148 valence electrons. The number of ether oxygens (including phenoxy) is 2. The van der Waals surface area contributed by atoms with E-state index in [4.69, 9.17) is 9.47 Å². The van der Waals surface area contributed by atoms with Gasteiger partial charge in [-0.3, -0.25) is 9.59 Å². The maximum Gasteiger partial charge on any atom is 0.253 e. The average molecular weight is 382 g/mol. The summed E-state index contributed by atoms with van der Waals surface area (Å²) in [5, 5.41) is 2.88. The third-order valence-corrected chi connectivity index (χ3v) is 4.63. The van der Waals surface area contributed by atoms with Crippen LogP contribution in [0.2, 0.25) is 0 Å². The molecule has 0 radical (unpaired) electrons. The Bertz CT molecular complexity index is 865. The minimum Gasteiger partial charge on any atom is -0.486 e. The van der Waals surface area contributed by atoms with Crippen LogP contribution >= 0.6 is 0 Å². The van der Waals surface area contributed by atoms with Crippen LogP contribution in [0, 0.1) is 6.92 Å². The first kappa shape index (κ1) is 19.7. The minimum absolute atomic E-state index is 0.0463. The minimum atomic E-state index is -0.238. The average Bonchev–Trinajstić information content (AvgIpc) is 2.69. The molecule has 0 saturated heterocycles. The van der Waals surface area contributed by atoms with Crippen LogP contribution in [0.3, 0.4) is 0 Å². The summed E-state index contributed by atoms with van der Waals surface area (Å²) < 4.78 is 11.6. The van der Waals surface area contributed by atoms with Crippen LogP contribution in [0.5, 0.6) is 11.5 Å². The van der Waals surface area contributed by atoms with E-state index in [1.807, 2.05) is 44.2 Å². The SMILES string of the molecule is CCCC(=O)Nc1cc(C(=O)N(C)C[C@@H]2COc3ccccc3O2)ccc1C. The van der Waals surface area contributed by atoms with Crippen molar-refractivity contribution in [1.82, 2.24) is 4.90 Å². The van der Waals surface area contributed by atoms with Gasteiger partial charge in [-0.15, -0.1) is 0 Å². The summed E-state index contributed by atoms with van der Waals surface area (Å²) in [7, 11) is 1.74. The number of nitrogens with zero attached hydrogens (tertiary/aromatic N) is 1. The number of hydrogen-bond donors (Lipinski definition) is 1. The van der Waals surface area contributed by atoms with Gasteiger partial charge in [-0.1, -0.05) is 25.1 Å². The van der Waals surface area contributed by atoms with Gasteiger partial charge in [0.2, 0.25) is 5.91 Å². The van der Waals surface area contributed by atoms with Crippen molar-refractivity contribution < 1.29 is 19.1 Å². The van der Waals surface area contributed by atoms with E-state index in [2.05, 4.69) is 5.32 Å². The van der Waals surface area contributed by atoms with E-state index in [-0.39, 0.29) is 17.9 Å². The monoisotopic (exact) mass is 382 g/mol. The Labute approximate surface area is 165 Å². The molecule has 2 amide bonds. The maximum atomic E-state index is 12.9. The third-order valence-electron chi connectivity index (χ3n) is 4.63. The van der Waals surface area contributed by atoms with Crippen LogP contribution in [0.15, 0.2) is 42.5 Å². The first-order chi connectivity index (χ1) is 13.5. The van der Waals surface area contributed by atoms with Crippen molar-refractivity contribution >= 4 is 17.5 Å². The summed E-state index contributed by atoms with van der Waals surface area (Å²) in [5.41, 5.74) is 2.12. The molecular weight excluding hydrogens is 356 g/mol. The highest BCUT2D eigenvalue weighted by molar-refractivity contribution is 5.97. The van der Waals surface area contributed by atoms with E-state index in [0.717, 1.165) is 17.7 Å². The number of nitrogens with one attached hydrogen (secondary N) is 1. The molecule has 2 aromatic rings. The smallest absolute Gasteiger partial charge is 0.253 e. The van der Waals surface area contributed by atoms with Crippen LogP contribution in [0.4, 0.5) is 5.69 Å². The lowest BCUT2D eigenvalue weighted by molar-refractivity contribution is -0.116. The molecule has 1 N–H and O–H groups in total.